The van der Waals surface area contributed by atoms with E-state index in [-0.39, 0.29) is 6.04 Å². The van der Waals surface area contributed by atoms with Crippen LogP contribution in [0.25, 0.3) is 0 Å². The van der Waals surface area contributed by atoms with E-state index in [1.807, 2.05) is 6.07 Å². The highest BCUT2D eigenvalue weighted by Gasteiger charge is 2.29. The highest BCUT2D eigenvalue weighted by molar-refractivity contribution is 7.99. The topological polar surface area (TPSA) is 53.0 Å². The molecule has 1 atom stereocenters. The van der Waals surface area contributed by atoms with Crippen molar-refractivity contribution in [3.8, 4) is 5.75 Å². The Morgan fingerprint density at radius 2 is 2.00 bits per heavy atom. The smallest absolute Gasteiger partial charge is 0.407 e. The maximum absolute atomic E-state index is 11.6. The number of methoxy groups -OCH3 is 1. The molecule has 2 heterocycles. The monoisotopic (exact) mass is 384 g/mol. The van der Waals surface area contributed by atoms with Gasteiger partial charge in [0, 0.05) is 35.0 Å². The number of para-hydroxylation sites is 1. The van der Waals surface area contributed by atoms with Gasteiger partial charge in [0.05, 0.1) is 18.5 Å². The van der Waals surface area contributed by atoms with Gasteiger partial charge in [-0.1, -0.05) is 23.9 Å². The van der Waals surface area contributed by atoms with Gasteiger partial charge < -0.3 is 19.6 Å². The zero-order chi connectivity index (χ0) is 18.8. The summed E-state index contributed by atoms with van der Waals surface area (Å²) in [6.07, 6.45) is 3.04. The van der Waals surface area contributed by atoms with Gasteiger partial charge in [0.1, 0.15) is 5.75 Å². The lowest BCUT2D eigenvalue weighted by molar-refractivity contribution is 0.104. The van der Waals surface area contributed by atoms with Crippen LogP contribution in [-0.4, -0.2) is 42.3 Å². The average Bonchev–Trinajstić information content (AvgIpc) is 2.71. The standard InChI is InChI=1S/C21H24N2O3S/c1-26-16-9-10-20-18(14-16)23(17-7-2-3-8-19(17)27-20)13-11-15-6-4-5-12-22(15)21(24)25/h2-3,7-10,14-15H,4-6,11-13H2,1H3,(H,24,25). The summed E-state index contributed by atoms with van der Waals surface area (Å²) in [5.41, 5.74) is 2.32. The summed E-state index contributed by atoms with van der Waals surface area (Å²) < 4.78 is 5.44. The van der Waals surface area contributed by atoms with Crippen LogP contribution in [0.2, 0.25) is 0 Å². The van der Waals surface area contributed by atoms with Gasteiger partial charge in [-0.25, -0.2) is 4.79 Å². The number of likely N-dealkylation sites (tertiary alicyclic amines) is 1. The second-order valence-corrected chi connectivity index (χ2v) is 8.05. The largest absolute Gasteiger partial charge is 0.497 e. The molecule has 0 saturated carbocycles. The van der Waals surface area contributed by atoms with Gasteiger partial charge in [0.2, 0.25) is 0 Å². The molecular formula is C21H24N2O3S. The maximum Gasteiger partial charge on any atom is 0.407 e. The minimum absolute atomic E-state index is 0.0899. The molecule has 0 radical (unpaired) electrons. The van der Waals surface area contributed by atoms with Gasteiger partial charge >= 0.3 is 6.09 Å². The van der Waals surface area contributed by atoms with Crippen LogP contribution in [0.5, 0.6) is 5.75 Å². The van der Waals surface area contributed by atoms with Crippen LogP contribution in [0.4, 0.5) is 16.2 Å². The van der Waals surface area contributed by atoms with Gasteiger partial charge in [0.15, 0.2) is 0 Å². The number of ether oxygens (including phenoxy) is 1. The molecule has 1 N–H and O–H groups in total. The predicted octanol–water partition coefficient (Wildman–Crippen LogP) is 5.22. The second kappa shape index (κ2) is 7.72. The number of hydrogen-bond donors (Lipinski definition) is 1. The quantitative estimate of drug-likeness (QED) is 0.783. The number of anilines is 2. The molecule has 4 rings (SSSR count). The number of carboxylic acid groups (broad SMARTS) is 1. The van der Waals surface area contributed by atoms with Gasteiger partial charge in [-0.2, -0.15) is 0 Å². The maximum atomic E-state index is 11.6. The number of hydrogen-bond acceptors (Lipinski definition) is 4. The van der Waals surface area contributed by atoms with E-state index in [2.05, 4.69) is 41.3 Å². The molecule has 6 heteroatoms. The molecule has 0 aliphatic carbocycles. The van der Waals surface area contributed by atoms with Crippen molar-refractivity contribution >= 4 is 29.2 Å². The minimum atomic E-state index is -0.795. The average molecular weight is 385 g/mol. The number of rotatable bonds is 4. The first-order chi connectivity index (χ1) is 13.2. The van der Waals surface area contributed by atoms with Crippen LogP contribution in [-0.2, 0) is 0 Å². The Bertz CT molecular complexity index is 842. The van der Waals surface area contributed by atoms with Crippen LogP contribution < -0.4 is 9.64 Å². The Morgan fingerprint density at radius 1 is 1.19 bits per heavy atom. The molecule has 2 aliphatic rings. The van der Waals surface area contributed by atoms with Gasteiger partial charge in [-0.3, -0.25) is 0 Å². The molecule has 0 aromatic heterocycles. The fourth-order valence-corrected chi connectivity index (χ4v) is 5.08. The molecule has 2 aromatic carbocycles. The summed E-state index contributed by atoms with van der Waals surface area (Å²) in [6, 6.07) is 14.7. The fraction of sp³-hybridized carbons (Fsp3) is 0.381. The predicted molar refractivity (Wildman–Crippen MR) is 108 cm³/mol. The van der Waals surface area contributed by atoms with Crippen molar-refractivity contribution < 1.29 is 14.6 Å². The Balaban J connectivity index is 1.62. The number of piperidine rings is 1. The molecule has 142 valence electrons. The van der Waals surface area contributed by atoms with E-state index >= 15 is 0 Å². The molecule has 27 heavy (non-hydrogen) atoms. The molecule has 0 bridgehead atoms. The van der Waals surface area contributed by atoms with Crippen molar-refractivity contribution in [2.75, 3.05) is 25.1 Å². The zero-order valence-electron chi connectivity index (χ0n) is 15.4. The number of fused-ring (bicyclic) bond motifs is 2. The van der Waals surface area contributed by atoms with E-state index in [0.29, 0.717) is 6.54 Å². The Morgan fingerprint density at radius 3 is 2.81 bits per heavy atom. The molecule has 1 unspecified atom stereocenters. The Labute approximate surface area is 163 Å². The van der Waals surface area contributed by atoms with E-state index in [9.17, 15) is 9.90 Å². The summed E-state index contributed by atoms with van der Waals surface area (Å²) in [4.78, 5) is 18.0. The van der Waals surface area contributed by atoms with E-state index in [0.717, 1.165) is 43.7 Å². The number of nitrogens with zero attached hydrogens (tertiary/aromatic N) is 2. The minimum Gasteiger partial charge on any atom is -0.497 e. The summed E-state index contributed by atoms with van der Waals surface area (Å²) in [7, 11) is 1.68. The first kappa shape index (κ1) is 18.0. The highest BCUT2D eigenvalue weighted by Crippen LogP contribution is 2.49. The van der Waals surface area contributed by atoms with Crippen molar-refractivity contribution in [1.82, 2.24) is 4.90 Å². The molecular weight excluding hydrogens is 360 g/mol. The third-order valence-electron chi connectivity index (χ3n) is 5.39. The van der Waals surface area contributed by atoms with E-state index in [1.54, 1.807) is 23.8 Å². The van der Waals surface area contributed by atoms with Gasteiger partial charge in [-0.05, 0) is 49.9 Å². The van der Waals surface area contributed by atoms with Crippen LogP contribution in [0.3, 0.4) is 0 Å². The Kier molecular flexibility index (Phi) is 5.16. The summed E-state index contributed by atoms with van der Waals surface area (Å²) in [5, 5.41) is 9.52. The van der Waals surface area contributed by atoms with E-state index in [1.165, 1.54) is 15.5 Å². The Hall–Kier alpha value is -2.34. The van der Waals surface area contributed by atoms with Crippen LogP contribution in [0, 0.1) is 0 Å². The van der Waals surface area contributed by atoms with Crippen molar-refractivity contribution in [2.45, 2.75) is 41.5 Å². The molecule has 5 nitrogen and oxygen atoms in total. The van der Waals surface area contributed by atoms with Gasteiger partial charge in [-0.15, -0.1) is 0 Å². The molecule has 1 saturated heterocycles. The molecule has 0 spiro atoms. The van der Waals surface area contributed by atoms with E-state index < -0.39 is 6.09 Å². The zero-order valence-corrected chi connectivity index (χ0v) is 16.2. The van der Waals surface area contributed by atoms with Crippen molar-refractivity contribution in [1.29, 1.82) is 0 Å². The van der Waals surface area contributed by atoms with E-state index in [4.69, 9.17) is 4.74 Å². The summed E-state index contributed by atoms with van der Waals surface area (Å²) in [6.45, 7) is 1.43. The lowest BCUT2D eigenvalue weighted by Gasteiger charge is -2.37. The third kappa shape index (κ3) is 3.58. The van der Waals surface area contributed by atoms with Crippen molar-refractivity contribution in [2.24, 2.45) is 0 Å². The summed E-state index contributed by atoms with van der Waals surface area (Å²) in [5.74, 6) is 0.837. The number of carbonyl (C=O) groups is 1. The molecule has 1 fully saturated rings. The first-order valence-electron chi connectivity index (χ1n) is 9.39. The highest BCUT2D eigenvalue weighted by atomic mass is 32.2. The second-order valence-electron chi connectivity index (χ2n) is 6.97. The lowest BCUT2D eigenvalue weighted by atomic mass is 9.99. The van der Waals surface area contributed by atoms with Crippen molar-refractivity contribution in [3.05, 3.63) is 42.5 Å². The normalized spacial score (nSPS) is 18.6. The van der Waals surface area contributed by atoms with Crippen LogP contribution in [0.1, 0.15) is 25.7 Å². The molecule has 1 amide bonds. The van der Waals surface area contributed by atoms with Crippen LogP contribution in [0.15, 0.2) is 52.3 Å². The summed E-state index contributed by atoms with van der Waals surface area (Å²) >= 11 is 1.77. The SMILES string of the molecule is COc1ccc2c(c1)N(CCC1CCCCN1C(=O)O)c1ccccc1S2. The molecule has 2 aromatic rings. The number of benzene rings is 2. The fourth-order valence-electron chi connectivity index (χ4n) is 4.01. The van der Waals surface area contributed by atoms with Crippen molar-refractivity contribution in [3.63, 3.8) is 0 Å². The lowest BCUT2D eigenvalue weighted by Crippen LogP contribution is -2.44. The van der Waals surface area contributed by atoms with Gasteiger partial charge in [0.25, 0.3) is 0 Å². The first-order valence-corrected chi connectivity index (χ1v) is 10.2. The van der Waals surface area contributed by atoms with Crippen LogP contribution >= 0.6 is 11.8 Å². The third-order valence-corrected chi connectivity index (χ3v) is 6.52. The molecule has 2 aliphatic heterocycles. The number of amides is 1.